The van der Waals surface area contributed by atoms with E-state index in [1.807, 2.05) is 54.6 Å². The molecule has 0 aliphatic rings. The monoisotopic (exact) mass is 382 g/mol. The van der Waals surface area contributed by atoms with Gasteiger partial charge in [0.05, 0.1) is 5.41 Å². The van der Waals surface area contributed by atoms with E-state index in [9.17, 15) is 4.79 Å². The number of hydrogen-bond acceptors (Lipinski definition) is 2. The Morgan fingerprint density at radius 1 is 0.808 bits per heavy atom. The van der Waals surface area contributed by atoms with Crippen LogP contribution >= 0.6 is 18.5 Å². The first-order chi connectivity index (χ1) is 12.6. The van der Waals surface area contributed by atoms with Gasteiger partial charge in [-0.3, -0.25) is 0 Å². The summed E-state index contributed by atoms with van der Waals surface area (Å²) in [6, 6.07) is 30.4. The highest BCUT2D eigenvalue weighted by Gasteiger charge is 2.38. The Bertz CT molecular complexity index is 739. The van der Waals surface area contributed by atoms with E-state index in [1.54, 1.807) is 6.66 Å². The first kappa shape index (κ1) is 18.6. The Kier molecular flexibility index (Phi) is 6.08. The fourth-order valence-electron chi connectivity index (χ4n) is 3.18. The van der Waals surface area contributed by atoms with Crippen LogP contribution in [0.3, 0.4) is 0 Å². The third kappa shape index (κ3) is 3.82. The second kappa shape index (κ2) is 8.49. The van der Waals surface area contributed by atoms with Gasteiger partial charge in [-0.2, -0.15) is 0 Å². The van der Waals surface area contributed by atoms with Gasteiger partial charge in [0.25, 0.3) is 0 Å². The van der Waals surface area contributed by atoms with Crippen molar-refractivity contribution in [1.82, 2.24) is 0 Å². The number of carbonyl (C=O) groups is 1. The summed E-state index contributed by atoms with van der Waals surface area (Å²) in [5, 5.41) is 0. The molecule has 0 saturated heterocycles. The Balaban J connectivity index is 2.19. The van der Waals surface area contributed by atoms with Crippen LogP contribution in [0.2, 0.25) is 0 Å². The maximum Gasteiger partial charge on any atom is 0.341 e. The SMILES string of the molecule is CP(Cl)C(=O)OCC(c1ccccc1)(c1ccccc1)c1ccccc1. The van der Waals surface area contributed by atoms with Crippen LogP contribution in [-0.2, 0) is 10.2 Å². The molecule has 0 fully saturated rings. The predicted molar refractivity (Wildman–Crippen MR) is 109 cm³/mol. The van der Waals surface area contributed by atoms with Crippen molar-refractivity contribution < 1.29 is 9.53 Å². The second-order valence-electron chi connectivity index (χ2n) is 6.04. The number of ether oxygens (including phenoxy) is 1. The molecule has 0 spiro atoms. The summed E-state index contributed by atoms with van der Waals surface area (Å²) < 4.78 is 5.69. The van der Waals surface area contributed by atoms with Gasteiger partial charge in [-0.15, -0.1) is 0 Å². The molecule has 0 heterocycles. The van der Waals surface area contributed by atoms with Crippen molar-refractivity contribution in [1.29, 1.82) is 0 Å². The summed E-state index contributed by atoms with van der Waals surface area (Å²) in [5.74, 6) is 0. The average molecular weight is 383 g/mol. The van der Waals surface area contributed by atoms with Gasteiger partial charge >= 0.3 is 5.71 Å². The van der Waals surface area contributed by atoms with Gasteiger partial charge in [0.2, 0.25) is 0 Å². The molecule has 0 radical (unpaired) electrons. The molecule has 1 unspecified atom stereocenters. The minimum Gasteiger partial charge on any atom is -0.460 e. The third-order valence-electron chi connectivity index (χ3n) is 4.46. The van der Waals surface area contributed by atoms with E-state index in [0.717, 1.165) is 16.7 Å². The summed E-state index contributed by atoms with van der Waals surface area (Å²) in [5.41, 5.74) is 2.26. The number of benzene rings is 3. The summed E-state index contributed by atoms with van der Waals surface area (Å²) in [4.78, 5) is 12.2. The zero-order valence-corrected chi connectivity index (χ0v) is 16.2. The molecule has 4 heteroatoms. The van der Waals surface area contributed by atoms with Crippen LogP contribution in [0.1, 0.15) is 16.7 Å². The van der Waals surface area contributed by atoms with E-state index < -0.39 is 12.7 Å². The Hall–Kier alpha value is -2.15. The van der Waals surface area contributed by atoms with Crippen LogP contribution in [-0.4, -0.2) is 19.0 Å². The van der Waals surface area contributed by atoms with Crippen LogP contribution in [0.15, 0.2) is 91.0 Å². The highest BCUT2D eigenvalue weighted by Crippen LogP contribution is 2.43. The number of hydrogen-bond donors (Lipinski definition) is 0. The van der Waals surface area contributed by atoms with Crippen molar-refractivity contribution in [3.63, 3.8) is 0 Å². The van der Waals surface area contributed by atoms with Gasteiger partial charge in [-0.1, -0.05) is 102 Å². The van der Waals surface area contributed by atoms with Crippen LogP contribution in [0.4, 0.5) is 4.79 Å². The molecule has 0 saturated carbocycles. The molecule has 1 atom stereocenters. The molecule has 0 aliphatic heterocycles. The third-order valence-corrected chi connectivity index (χ3v) is 5.51. The molecule has 0 amide bonds. The van der Waals surface area contributed by atoms with Crippen molar-refractivity contribution in [3.05, 3.63) is 108 Å². The molecule has 3 rings (SSSR count). The van der Waals surface area contributed by atoms with E-state index in [-0.39, 0.29) is 12.3 Å². The minimum atomic E-state index is -1.31. The van der Waals surface area contributed by atoms with Crippen molar-refractivity contribution in [3.8, 4) is 0 Å². The van der Waals surface area contributed by atoms with Gasteiger partial charge in [-0.05, 0) is 23.4 Å². The van der Waals surface area contributed by atoms with Crippen LogP contribution in [0.25, 0.3) is 0 Å². The quantitative estimate of drug-likeness (QED) is 0.363. The largest absolute Gasteiger partial charge is 0.460 e. The van der Waals surface area contributed by atoms with Crippen molar-refractivity contribution in [2.75, 3.05) is 13.3 Å². The molecule has 3 aromatic rings. The highest BCUT2D eigenvalue weighted by atomic mass is 35.7. The molecule has 0 aromatic heterocycles. The van der Waals surface area contributed by atoms with E-state index in [0.29, 0.717) is 0 Å². The van der Waals surface area contributed by atoms with Gasteiger partial charge in [-0.25, -0.2) is 4.79 Å². The molecule has 0 N–H and O–H groups in total. The summed E-state index contributed by atoms with van der Waals surface area (Å²) in [7, 11) is -1.31. The maximum atomic E-state index is 12.2. The van der Waals surface area contributed by atoms with Gasteiger partial charge in [0, 0.05) is 0 Å². The van der Waals surface area contributed by atoms with E-state index in [2.05, 4.69) is 36.4 Å². The van der Waals surface area contributed by atoms with Gasteiger partial charge < -0.3 is 4.74 Å². The molecule has 3 aromatic carbocycles. The lowest BCUT2D eigenvalue weighted by Gasteiger charge is -2.35. The molecule has 132 valence electrons. The van der Waals surface area contributed by atoms with E-state index in [1.165, 1.54) is 0 Å². The smallest absolute Gasteiger partial charge is 0.341 e. The van der Waals surface area contributed by atoms with Crippen LogP contribution in [0.5, 0.6) is 0 Å². The number of carbonyl (C=O) groups excluding carboxylic acids is 1. The zero-order chi connectivity index (χ0) is 18.4. The summed E-state index contributed by atoms with van der Waals surface area (Å²) in [6.07, 6.45) is 0. The van der Waals surface area contributed by atoms with Crippen molar-refractivity contribution in [2.24, 2.45) is 0 Å². The molecule has 0 aliphatic carbocycles. The van der Waals surface area contributed by atoms with Gasteiger partial charge in [0.1, 0.15) is 13.9 Å². The normalized spacial score (nSPS) is 12.4. The average Bonchev–Trinajstić information content (AvgIpc) is 2.70. The van der Waals surface area contributed by atoms with Gasteiger partial charge in [0.15, 0.2) is 0 Å². The minimum absolute atomic E-state index is 0.198. The standard InChI is InChI=1S/C22H20ClO2P/c1-26(23)21(24)25-17-22(18-11-5-2-6-12-18,19-13-7-3-8-14-19)20-15-9-4-10-16-20/h2-16H,17H2,1H3. The van der Waals surface area contributed by atoms with Crippen molar-refractivity contribution in [2.45, 2.75) is 5.41 Å². The lowest BCUT2D eigenvalue weighted by molar-refractivity contribution is 0.158. The van der Waals surface area contributed by atoms with E-state index >= 15 is 0 Å². The van der Waals surface area contributed by atoms with E-state index in [4.69, 9.17) is 16.0 Å². The number of halogens is 1. The number of rotatable bonds is 6. The van der Waals surface area contributed by atoms with Crippen molar-refractivity contribution >= 4 is 24.2 Å². The molecule has 26 heavy (non-hydrogen) atoms. The zero-order valence-electron chi connectivity index (χ0n) is 14.5. The maximum absolute atomic E-state index is 12.2. The topological polar surface area (TPSA) is 26.3 Å². The Labute approximate surface area is 160 Å². The fraction of sp³-hybridized carbons (Fsp3) is 0.136. The predicted octanol–water partition coefficient (Wildman–Crippen LogP) is 6.42. The molecular formula is C22H20ClO2P. The molecule has 0 bridgehead atoms. The van der Waals surface area contributed by atoms with Crippen LogP contribution in [0, 0.1) is 0 Å². The lowest BCUT2D eigenvalue weighted by Crippen LogP contribution is -2.35. The lowest BCUT2D eigenvalue weighted by atomic mass is 9.70. The first-order valence-electron chi connectivity index (χ1n) is 8.37. The first-order valence-corrected chi connectivity index (χ1v) is 11.1. The highest BCUT2D eigenvalue weighted by molar-refractivity contribution is 7.96. The summed E-state index contributed by atoms with van der Waals surface area (Å²) >= 11 is 5.99. The summed E-state index contributed by atoms with van der Waals surface area (Å²) in [6.45, 7) is 1.89. The molecule has 2 nitrogen and oxygen atoms in total. The Morgan fingerprint density at radius 3 is 1.46 bits per heavy atom. The Morgan fingerprint density at radius 2 is 1.15 bits per heavy atom. The fourth-order valence-corrected chi connectivity index (χ4v) is 3.57. The molecular weight excluding hydrogens is 363 g/mol. The second-order valence-corrected chi connectivity index (χ2v) is 8.88. The van der Waals surface area contributed by atoms with Crippen LogP contribution < -0.4 is 0 Å².